The van der Waals surface area contributed by atoms with Crippen LogP contribution in [0.1, 0.15) is 51.2 Å². The van der Waals surface area contributed by atoms with Gasteiger partial charge < -0.3 is 14.5 Å². The SMILES string of the molecule is Cc1oc(COCCC(C)C)cc1CNC(C)C. The molecule has 0 aliphatic heterocycles. The molecule has 0 atom stereocenters. The smallest absolute Gasteiger partial charge is 0.130 e. The van der Waals surface area contributed by atoms with Crippen molar-refractivity contribution >= 4 is 0 Å². The van der Waals surface area contributed by atoms with Gasteiger partial charge in [-0.25, -0.2) is 0 Å². The highest BCUT2D eigenvalue weighted by Gasteiger charge is 2.08. The van der Waals surface area contributed by atoms with Gasteiger partial charge in [-0.3, -0.25) is 0 Å². The van der Waals surface area contributed by atoms with Gasteiger partial charge in [0.15, 0.2) is 0 Å². The van der Waals surface area contributed by atoms with Gasteiger partial charge in [0.05, 0.1) is 0 Å². The van der Waals surface area contributed by atoms with Gasteiger partial charge in [-0.1, -0.05) is 27.7 Å². The number of nitrogens with one attached hydrogen (secondary N) is 1. The Bertz CT molecular complexity index is 342. The molecule has 0 aromatic carbocycles. The molecule has 18 heavy (non-hydrogen) atoms. The molecule has 0 aliphatic rings. The van der Waals surface area contributed by atoms with Gasteiger partial charge in [-0.2, -0.15) is 0 Å². The summed E-state index contributed by atoms with van der Waals surface area (Å²) in [5, 5.41) is 3.40. The van der Waals surface area contributed by atoms with E-state index in [-0.39, 0.29) is 0 Å². The molecular formula is C15H27NO2. The van der Waals surface area contributed by atoms with Crippen LogP contribution < -0.4 is 5.32 Å². The van der Waals surface area contributed by atoms with E-state index in [1.54, 1.807) is 0 Å². The molecule has 0 spiro atoms. The molecule has 1 heterocycles. The van der Waals surface area contributed by atoms with Gasteiger partial charge in [0, 0.05) is 24.8 Å². The van der Waals surface area contributed by atoms with Crippen molar-refractivity contribution in [3.05, 3.63) is 23.2 Å². The second-order valence-corrected chi connectivity index (χ2v) is 5.56. The van der Waals surface area contributed by atoms with Gasteiger partial charge in [0.2, 0.25) is 0 Å². The third kappa shape index (κ3) is 5.69. The van der Waals surface area contributed by atoms with Crippen LogP contribution in [0.15, 0.2) is 10.5 Å². The minimum absolute atomic E-state index is 0.491. The fourth-order valence-corrected chi connectivity index (χ4v) is 1.64. The summed E-state index contributed by atoms with van der Waals surface area (Å²) in [5.41, 5.74) is 1.23. The van der Waals surface area contributed by atoms with Crippen LogP contribution >= 0.6 is 0 Å². The lowest BCUT2D eigenvalue weighted by atomic mass is 10.1. The molecule has 0 fully saturated rings. The number of aryl methyl sites for hydroxylation is 1. The second kappa shape index (κ2) is 7.59. The molecule has 3 nitrogen and oxygen atoms in total. The summed E-state index contributed by atoms with van der Waals surface area (Å²) >= 11 is 0. The minimum Gasteiger partial charge on any atom is -0.464 e. The van der Waals surface area contributed by atoms with Crippen LogP contribution in [0.2, 0.25) is 0 Å². The van der Waals surface area contributed by atoms with E-state index in [0.717, 1.165) is 31.1 Å². The number of hydrogen-bond acceptors (Lipinski definition) is 3. The van der Waals surface area contributed by atoms with Crippen LogP contribution in [0.3, 0.4) is 0 Å². The van der Waals surface area contributed by atoms with Crippen LogP contribution in [0.4, 0.5) is 0 Å². The summed E-state index contributed by atoms with van der Waals surface area (Å²) in [5.74, 6) is 2.61. The Labute approximate surface area is 111 Å². The lowest BCUT2D eigenvalue weighted by Gasteiger charge is -2.06. The van der Waals surface area contributed by atoms with E-state index >= 15 is 0 Å². The molecule has 0 amide bonds. The Morgan fingerprint density at radius 2 is 2.00 bits per heavy atom. The van der Waals surface area contributed by atoms with Gasteiger partial charge in [0.1, 0.15) is 18.1 Å². The predicted octanol–water partition coefficient (Wildman–Crippen LogP) is 3.65. The van der Waals surface area contributed by atoms with Crippen molar-refractivity contribution in [1.29, 1.82) is 0 Å². The molecule has 0 saturated heterocycles. The summed E-state index contributed by atoms with van der Waals surface area (Å²) in [4.78, 5) is 0. The van der Waals surface area contributed by atoms with E-state index < -0.39 is 0 Å². The lowest BCUT2D eigenvalue weighted by Crippen LogP contribution is -2.21. The average Bonchev–Trinajstić information content (AvgIpc) is 2.62. The maximum atomic E-state index is 5.69. The summed E-state index contributed by atoms with van der Waals surface area (Å²) in [7, 11) is 0. The molecule has 0 aliphatic carbocycles. The van der Waals surface area contributed by atoms with Crippen molar-refractivity contribution in [2.75, 3.05) is 6.61 Å². The van der Waals surface area contributed by atoms with E-state index in [1.807, 2.05) is 6.92 Å². The first-order valence-electron chi connectivity index (χ1n) is 6.88. The van der Waals surface area contributed by atoms with Crippen LogP contribution in [-0.2, 0) is 17.9 Å². The fraction of sp³-hybridized carbons (Fsp3) is 0.733. The van der Waals surface area contributed by atoms with Crippen molar-refractivity contribution in [2.24, 2.45) is 5.92 Å². The van der Waals surface area contributed by atoms with Crippen molar-refractivity contribution < 1.29 is 9.15 Å². The van der Waals surface area contributed by atoms with Gasteiger partial charge >= 0.3 is 0 Å². The predicted molar refractivity (Wildman–Crippen MR) is 74.5 cm³/mol. The average molecular weight is 253 g/mol. The first-order valence-corrected chi connectivity index (χ1v) is 6.88. The molecule has 0 radical (unpaired) electrons. The van der Waals surface area contributed by atoms with Crippen molar-refractivity contribution in [3.8, 4) is 0 Å². The third-order valence-electron chi connectivity index (χ3n) is 2.86. The topological polar surface area (TPSA) is 34.4 Å². The van der Waals surface area contributed by atoms with Crippen molar-refractivity contribution in [1.82, 2.24) is 5.32 Å². The quantitative estimate of drug-likeness (QED) is 0.718. The fourth-order valence-electron chi connectivity index (χ4n) is 1.64. The van der Waals surface area contributed by atoms with Crippen LogP contribution in [0.25, 0.3) is 0 Å². The number of rotatable bonds is 8. The zero-order chi connectivity index (χ0) is 13.5. The zero-order valence-electron chi connectivity index (χ0n) is 12.4. The number of ether oxygens (including phenoxy) is 1. The Kier molecular flexibility index (Phi) is 6.44. The summed E-state index contributed by atoms with van der Waals surface area (Å²) in [6, 6.07) is 2.59. The Hall–Kier alpha value is -0.800. The first kappa shape index (κ1) is 15.3. The molecule has 0 unspecified atom stereocenters. The highest BCUT2D eigenvalue weighted by atomic mass is 16.5. The monoisotopic (exact) mass is 253 g/mol. The molecule has 104 valence electrons. The molecule has 1 aromatic rings. The Morgan fingerprint density at radius 3 is 2.61 bits per heavy atom. The number of furan rings is 1. The van der Waals surface area contributed by atoms with E-state index in [9.17, 15) is 0 Å². The molecule has 1 rings (SSSR count). The van der Waals surface area contributed by atoms with Gasteiger partial charge in [0.25, 0.3) is 0 Å². The largest absolute Gasteiger partial charge is 0.464 e. The van der Waals surface area contributed by atoms with E-state index in [4.69, 9.17) is 9.15 Å². The minimum atomic E-state index is 0.491. The maximum absolute atomic E-state index is 5.69. The number of hydrogen-bond donors (Lipinski definition) is 1. The molecule has 1 aromatic heterocycles. The van der Waals surface area contributed by atoms with E-state index in [1.165, 1.54) is 5.56 Å². The summed E-state index contributed by atoms with van der Waals surface area (Å²) < 4.78 is 11.3. The van der Waals surface area contributed by atoms with Crippen molar-refractivity contribution in [2.45, 2.75) is 60.2 Å². The van der Waals surface area contributed by atoms with Crippen LogP contribution in [0, 0.1) is 12.8 Å². The molecular weight excluding hydrogens is 226 g/mol. The maximum Gasteiger partial charge on any atom is 0.130 e. The van der Waals surface area contributed by atoms with Crippen LogP contribution in [-0.4, -0.2) is 12.6 Å². The zero-order valence-corrected chi connectivity index (χ0v) is 12.4. The van der Waals surface area contributed by atoms with Crippen molar-refractivity contribution in [3.63, 3.8) is 0 Å². The molecule has 0 saturated carbocycles. The van der Waals surface area contributed by atoms with Crippen LogP contribution in [0.5, 0.6) is 0 Å². The summed E-state index contributed by atoms with van der Waals surface area (Å²) in [6.07, 6.45) is 1.10. The van der Waals surface area contributed by atoms with Gasteiger partial charge in [-0.05, 0) is 25.3 Å². The molecule has 3 heteroatoms. The van der Waals surface area contributed by atoms with Gasteiger partial charge in [-0.15, -0.1) is 0 Å². The first-order chi connectivity index (χ1) is 8.49. The standard InChI is InChI=1S/C15H27NO2/c1-11(2)6-7-17-10-15-8-14(13(5)18-15)9-16-12(3)4/h8,11-12,16H,6-7,9-10H2,1-5H3. The lowest BCUT2D eigenvalue weighted by molar-refractivity contribution is 0.0964. The summed E-state index contributed by atoms with van der Waals surface area (Å²) in [6.45, 7) is 12.9. The highest BCUT2D eigenvalue weighted by Crippen LogP contribution is 2.15. The normalized spacial score (nSPS) is 11.7. The Balaban J connectivity index is 2.36. The van der Waals surface area contributed by atoms with E-state index in [2.05, 4.69) is 39.1 Å². The van der Waals surface area contributed by atoms with E-state index in [0.29, 0.717) is 18.6 Å². The molecule has 1 N–H and O–H groups in total. The Morgan fingerprint density at radius 1 is 1.28 bits per heavy atom. The second-order valence-electron chi connectivity index (χ2n) is 5.56. The molecule has 0 bridgehead atoms. The highest BCUT2D eigenvalue weighted by molar-refractivity contribution is 5.20. The third-order valence-corrected chi connectivity index (χ3v) is 2.86.